The molecule has 0 fully saturated rings. The molecule has 1 aromatic heterocycles. The second-order valence-electron chi connectivity index (χ2n) is 4.66. The molecule has 2 N–H and O–H groups in total. The standard InChI is InChI=1S/C13H18N2O/c1-13(2,16)12-9-7-8-15(4)11(9)6-5-10(12)14-3/h5-8,14,16H,1-4H3. The van der Waals surface area contributed by atoms with E-state index in [0.717, 1.165) is 22.2 Å². The molecule has 16 heavy (non-hydrogen) atoms. The minimum atomic E-state index is -0.848. The highest BCUT2D eigenvalue weighted by Crippen LogP contribution is 2.34. The molecule has 1 aromatic carbocycles. The van der Waals surface area contributed by atoms with E-state index < -0.39 is 5.60 Å². The Morgan fingerprint density at radius 1 is 1.25 bits per heavy atom. The molecule has 0 aliphatic carbocycles. The fourth-order valence-electron chi connectivity index (χ4n) is 2.22. The van der Waals surface area contributed by atoms with Crippen LogP contribution in [-0.4, -0.2) is 16.7 Å². The van der Waals surface area contributed by atoms with Crippen LogP contribution in [-0.2, 0) is 12.6 Å². The van der Waals surface area contributed by atoms with Gasteiger partial charge in [-0.3, -0.25) is 0 Å². The number of anilines is 1. The monoisotopic (exact) mass is 218 g/mol. The third kappa shape index (κ3) is 1.57. The van der Waals surface area contributed by atoms with Crippen molar-refractivity contribution in [2.45, 2.75) is 19.4 Å². The molecule has 2 aromatic rings. The molecule has 0 saturated heterocycles. The fourth-order valence-corrected chi connectivity index (χ4v) is 2.22. The minimum absolute atomic E-state index is 0.848. The van der Waals surface area contributed by atoms with E-state index in [9.17, 15) is 5.11 Å². The average molecular weight is 218 g/mol. The van der Waals surface area contributed by atoms with E-state index in [2.05, 4.69) is 16.0 Å². The van der Waals surface area contributed by atoms with Crippen LogP contribution in [0.3, 0.4) is 0 Å². The summed E-state index contributed by atoms with van der Waals surface area (Å²) in [5, 5.41) is 14.5. The van der Waals surface area contributed by atoms with E-state index in [1.807, 2.05) is 46.3 Å². The molecule has 2 rings (SSSR count). The lowest BCUT2D eigenvalue weighted by molar-refractivity contribution is 0.0809. The average Bonchev–Trinajstić information content (AvgIpc) is 2.57. The van der Waals surface area contributed by atoms with Crippen LogP contribution < -0.4 is 5.32 Å². The number of hydrogen-bond donors (Lipinski definition) is 2. The maximum Gasteiger partial charge on any atom is 0.0867 e. The summed E-state index contributed by atoms with van der Waals surface area (Å²) in [6, 6.07) is 6.12. The predicted molar refractivity (Wildman–Crippen MR) is 67.7 cm³/mol. The van der Waals surface area contributed by atoms with Crippen LogP contribution in [0.1, 0.15) is 19.4 Å². The lowest BCUT2D eigenvalue weighted by atomic mass is 9.93. The Morgan fingerprint density at radius 3 is 2.50 bits per heavy atom. The topological polar surface area (TPSA) is 37.2 Å². The first-order valence-corrected chi connectivity index (χ1v) is 5.44. The second kappa shape index (κ2) is 3.52. The van der Waals surface area contributed by atoms with Gasteiger partial charge in [0.1, 0.15) is 0 Å². The third-order valence-electron chi connectivity index (χ3n) is 2.95. The number of benzene rings is 1. The zero-order chi connectivity index (χ0) is 11.9. The maximum atomic E-state index is 10.3. The molecule has 3 heteroatoms. The Kier molecular flexibility index (Phi) is 2.43. The Bertz CT molecular complexity index is 520. The van der Waals surface area contributed by atoms with Crippen LogP contribution in [0.15, 0.2) is 24.4 Å². The quantitative estimate of drug-likeness (QED) is 0.812. The van der Waals surface area contributed by atoms with Gasteiger partial charge in [-0.05, 0) is 32.0 Å². The largest absolute Gasteiger partial charge is 0.388 e. The molecule has 0 atom stereocenters. The van der Waals surface area contributed by atoms with Gasteiger partial charge >= 0.3 is 0 Å². The number of rotatable bonds is 2. The van der Waals surface area contributed by atoms with E-state index in [-0.39, 0.29) is 0 Å². The minimum Gasteiger partial charge on any atom is -0.388 e. The maximum absolute atomic E-state index is 10.3. The van der Waals surface area contributed by atoms with Crippen molar-refractivity contribution >= 4 is 16.6 Å². The van der Waals surface area contributed by atoms with Crippen molar-refractivity contribution in [1.29, 1.82) is 0 Å². The summed E-state index contributed by atoms with van der Waals surface area (Å²) in [6.07, 6.45) is 2.01. The number of fused-ring (bicyclic) bond motifs is 1. The van der Waals surface area contributed by atoms with Crippen molar-refractivity contribution < 1.29 is 5.11 Å². The van der Waals surface area contributed by atoms with E-state index in [1.165, 1.54) is 0 Å². The Morgan fingerprint density at radius 2 is 1.94 bits per heavy atom. The molecule has 86 valence electrons. The van der Waals surface area contributed by atoms with Gasteiger partial charge < -0.3 is 15.0 Å². The fraction of sp³-hybridized carbons (Fsp3) is 0.385. The molecule has 0 spiro atoms. The summed E-state index contributed by atoms with van der Waals surface area (Å²) in [5.74, 6) is 0. The van der Waals surface area contributed by atoms with Gasteiger partial charge in [0, 0.05) is 42.4 Å². The van der Waals surface area contributed by atoms with Crippen LogP contribution in [0.5, 0.6) is 0 Å². The lowest BCUT2D eigenvalue weighted by Crippen LogP contribution is -2.18. The summed E-state index contributed by atoms with van der Waals surface area (Å²) >= 11 is 0. The van der Waals surface area contributed by atoms with Crippen LogP contribution in [0, 0.1) is 0 Å². The van der Waals surface area contributed by atoms with Crippen LogP contribution in [0.4, 0.5) is 5.69 Å². The first kappa shape index (κ1) is 11.0. The molecule has 0 amide bonds. The number of nitrogens with zero attached hydrogens (tertiary/aromatic N) is 1. The molecule has 0 unspecified atom stereocenters. The summed E-state index contributed by atoms with van der Waals surface area (Å²) in [7, 11) is 3.88. The van der Waals surface area contributed by atoms with Gasteiger partial charge in [0.15, 0.2) is 0 Å². The molecule has 1 heterocycles. The van der Waals surface area contributed by atoms with Gasteiger partial charge in [0.2, 0.25) is 0 Å². The highest BCUT2D eigenvalue weighted by molar-refractivity contribution is 5.89. The van der Waals surface area contributed by atoms with Crippen molar-refractivity contribution in [3.8, 4) is 0 Å². The van der Waals surface area contributed by atoms with E-state index in [0.29, 0.717) is 0 Å². The predicted octanol–water partition coefficient (Wildman–Crippen LogP) is 2.45. The molecule has 0 bridgehead atoms. The molecule has 0 radical (unpaired) electrons. The van der Waals surface area contributed by atoms with Crippen molar-refractivity contribution in [1.82, 2.24) is 4.57 Å². The van der Waals surface area contributed by atoms with Gasteiger partial charge in [-0.1, -0.05) is 0 Å². The van der Waals surface area contributed by atoms with Crippen molar-refractivity contribution in [2.75, 3.05) is 12.4 Å². The molecule has 0 saturated carbocycles. The van der Waals surface area contributed by atoms with Crippen molar-refractivity contribution in [3.05, 3.63) is 30.0 Å². The number of aliphatic hydroxyl groups is 1. The van der Waals surface area contributed by atoms with Crippen LogP contribution >= 0.6 is 0 Å². The zero-order valence-electron chi connectivity index (χ0n) is 10.2. The summed E-state index contributed by atoms with van der Waals surface area (Å²) < 4.78 is 2.06. The highest BCUT2D eigenvalue weighted by atomic mass is 16.3. The van der Waals surface area contributed by atoms with Gasteiger partial charge in [-0.2, -0.15) is 0 Å². The summed E-state index contributed by atoms with van der Waals surface area (Å²) in [4.78, 5) is 0. The summed E-state index contributed by atoms with van der Waals surface area (Å²) in [6.45, 7) is 3.63. The van der Waals surface area contributed by atoms with Crippen LogP contribution in [0.25, 0.3) is 10.9 Å². The van der Waals surface area contributed by atoms with Gasteiger partial charge in [0.25, 0.3) is 0 Å². The number of aryl methyl sites for hydroxylation is 1. The lowest BCUT2D eigenvalue weighted by Gasteiger charge is -2.22. The molecular weight excluding hydrogens is 200 g/mol. The Balaban J connectivity index is 2.84. The van der Waals surface area contributed by atoms with Gasteiger partial charge in [-0.15, -0.1) is 0 Å². The number of aromatic nitrogens is 1. The van der Waals surface area contributed by atoms with E-state index in [1.54, 1.807) is 0 Å². The molecule has 3 nitrogen and oxygen atoms in total. The number of hydrogen-bond acceptors (Lipinski definition) is 2. The summed E-state index contributed by atoms with van der Waals surface area (Å²) in [5.41, 5.74) is 2.22. The smallest absolute Gasteiger partial charge is 0.0867 e. The van der Waals surface area contributed by atoms with Crippen molar-refractivity contribution in [2.24, 2.45) is 7.05 Å². The van der Waals surface area contributed by atoms with E-state index in [4.69, 9.17) is 0 Å². The van der Waals surface area contributed by atoms with Gasteiger partial charge in [-0.25, -0.2) is 0 Å². The molecule has 0 aliphatic heterocycles. The van der Waals surface area contributed by atoms with E-state index >= 15 is 0 Å². The Labute approximate surface area is 95.7 Å². The zero-order valence-corrected chi connectivity index (χ0v) is 10.2. The first-order valence-electron chi connectivity index (χ1n) is 5.44. The molecule has 0 aliphatic rings. The van der Waals surface area contributed by atoms with Gasteiger partial charge in [0.05, 0.1) is 5.60 Å². The SMILES string of the molecule is CNc1ccc2c(ccn2C)c1C(C)(C)O. The number of nitrogens with one attached hydrogen (secondary N) is 1. The third-order valence-corrected chi connectivity index (χ3v) is 2.95. The normalized spacial score (nSPS) is 12.1. The highest BCUT2D eigenvalue weighted by Gasteiger charge is 2.23. The molecular formula is C13H18N2O. The van der Waals surface area contributed by atoms with Crippen molar-refractivity contribution in [3.63, 3.8) is 0 Å². The second-order valence-corrected chi connectivity index (χ2v) is 4.66. The van der Waals surface area contributed by atoms with Crippen LogP contribution in [0.2, 0.25) is 0 Å². The first-order chi connectivity index (χ1) is 7.45. The Hall–Kier alpha value is -1.48.